The van der Waals surface area contributed by atoms with Crippen molar-refractivity contribution < 1.29 is 19.4 Å². The third-order valence-corrected chi connectivity index (χ3v) is 3.96. The van der Waals surface area contributed by atoms with E-state index in [2.05, 4.69) is 17.2 Å². The first-order valence-electron chi connectivity index (χ1n) is 7.47. The van der Waals surface area contributed by atoms with Crippen LogP contribution in [0.25, 0.3) is 0 Å². The standard InChI is InChI=1S/C16H26N2O4/c1-5-7-11-9-12(16(20)21)18-14(11)15(17-10(3)19)13(22-4)8-6-2/h5-7,11-15,18H,2,8-9H2,1,3-4H3,(H,17,19)(H,20,21)/b7-5-/t11-,12-,13-,14-,15+/m1/s1. The second-order valence-electron chi connectivity index (χ2n) is 5.53. The lowest BCUT2D eigenvalue weighted by molar-refractivity contribution is -0.139. The number of carbonyl (C=O) groups excluding carboxylic acids is 1. The molecule has 5 atom stereocenters. The highest BCUT2D eigenvalue weighted by molar-refractivity contribution is 5.75. The van der Waals surface area contributed by atoms with Crippen LogP contribution in [0.2, 0.25) is 0 Å². The first kappa shape index (κ1) is 18.4. The number of ether oxygens (including phenoxy) is 1. The Labute approximate surface area is 131 Å². The van der Waals surface area contributed by atoms with Crippen LogP contribution in [0.5, 0.6) is 0 Å². The molecule has 6 heteroatoms. The molecule has 0 aliphatic carbocycles. The van der Waals surface area contributed by atoms with Gasteiger partial charge in [-0.25, -0.2) is 0 Å². The molecule has 1 heterocycles. The molecule has 0 aromatic rings. The van der Waals surface area contributed by atoms with E-state index in [-0.39, 0.29) is 30.0 Å². The minimum Gasteiger partial charge on any atom is -0.480 e. The Morgan fingerprint density at radius 2 is 2.23 bits per heavy atom. The van der Waals surface area contributed by atoms with Crippen molar-refractivity contribution in [3.8, 4) is 0 Å². The number of carboxylic acid groups (broad SMARTS) is 1. The first-order valence-corrected chi connectivity index (χ1v) is 7.47. The molecule has 3 N–H and O–H groups in total. The van der Waals surface area contributed by atoms with Crippen molar-refractivity contribution in [3.63, 3.8) is 0 Å². The number of methoxy groups -OCH3 is 1. The Morgan fingerprint density at radius 3 is 2.68 bits per heavy atom. The van der Waals surface area contributed by atoms with Crippen molar-refractivity contribution in [2.75, 3.05) is 7.11 Å². The van der Waals surface area contributed by atoms with E-state index >= 15 is 0 Å². The summed E-state index contributed by atoms with van der Waals surface area (Å²) in [7, 11) is 1.58. The molecule has 1 amide bonds. The van der Waals surface area contributed by atoms with Crippen molar-refractivity contribution in [3.05, 3.63) is 24.8 Å². The van der Waals surface area contributed by atoms with Crippen LogP contribution in [0.3, 0.4) is 0 Å². The number of carboxylic acids is 1. The van der Waals surface area contributed by atoms with Crippen molar-refractivity contribution in [2.24, 2.45) is 5.92 Å². The normalized spacial score (nSPS) is 27.5. The fourth-order valence-corrected chi connectivity index (χ4v) is 3.03. The second kappa shape index (κ2) is 8.70. The van der Waals surface area contributed by atoms with Crippen molar-refractivity contribution >= 4 is 11.9 Å². The fraction of sp³-hybridized carbons (Fsp3) is 0.625. The SMILES string of the molecule is C=CC[C@@H](OC)[C@H](NC(C)=O)[C@@H]1N[C@@H](C(=O)O)C[C@H]1/C=C\C. The van der Waals surface area contributed by atoms with Crippen molar-refractivity contribution in [1.29, 1.82) is 0 Å². The van der Waals surface area contributed by atoms with Gasteiger partial charge >= 0.3 is 5.97 Å². The average Bonchev–Trinajstić information content (AvgIpc) is 2.87. The maximum Gasteiger partial charge on any atom is 0.320 e. The van der Waals surface area contributed by atoms with Crippen LogP contribution >= 0.6 is 0 Å². The van der Waals surface area contributed by atoms with E-state index in [4.69, 9.17) is 4.74 Å². The number of aliphatic carboxylic acids is 1. The molecule has 0 aromatic heterocycles. The number of carbonyl (C=O) groups is 2. The fourth-order valence-electron chi connectivity index (χ4n) is 3.03. The minimum absolute atomic E-state index is 0.0189. The molecule has 0 aromatic carbocycles. The molecule has 22 heavy (non-hydrogen) atoms. The largest absolute Gasteiger partial charge is 0.480 e. The van der Waals surface area contributed by atoms with Crippen LogP contribution < -0.4 is 10.6 Å². The molecule has 0 radical (unpaired) electrons. The molecule has 1 aliphatic rings. The molecule has 1 fully saturated rings. The van der Waals surface area contributed by atoms with Gasteiger partial charge in [-0.1, -0.05) is 18.2 Å². The molecule has 124 valence electrons. The topological polar surface area (TPSA) is 87.7 Å². The van der Waals surface area contributed by atoms with Gasteiger partial charge in [0, 0.05) is 20.1 Å². The lowest BCUT2D eigenvalue weighted by Gasteiger charge is -2.33. The number of amides is 1. The zero-order valence-corrected chi connectivity index (χ0v) is 13.4. The summed E-state index contributed by atoms with van der Waals surface area (Å²) in [6, 6.07) is -1.15. The summed E-state index contributed by atoms with van der Waals surface area (Å²) in [4.78, 5) is 22.8. The van der Waals surface area contributed by atoms with E-state index in [9.17, 15) is 14.7 Å². The summed E-state index contributed by atoms with van der Waals surface area (Å²) in [5.74, 6) is -1.03. The smallest absolute Gasteiger partial charge is 0.320 e. The highest BCUT2D eigenvalue weighted by Gasteiger charge is 2.42. The van der Waals surface area contributed by atoms with Gasteiger partial charge in [0.1, 0.15) is 6.04 Å². The predicted octanol–water partition coefficient (Wildman–Crippen LogP) is 1.09. The quantitative estimate of drug-likeness (QED) is 0.584. The zero-order valence-electron chi connectivity index (χ0n) is 13.4. The van der Waals surface area contributed by atoms with Gasteiger partial charge in [0.15, 0.2) is 0 Å². The Kier molecular flexibility index (Phi) is 7.27. The summed E-state index contributed by atoms with van der Waals surface area (Å²) in [6.45, 7) is 7.06. The van der Waals surface area contributed by atoms with E-state index in [1.807, 2.05) is 19.1 Å². The van der Waals surface area contributed by atoms with Gasteiger partial charge in [0.2, 0.25) is 5.91 Å². The third-order valence-electron chi connectivity index (χ3n) is 3.96. The van der Waals surface area contributed by atoms with Crippen LogP contribution in [0.1, 0.15) is 26.7 Å². The summed E-state index contributed by atoms with van der Waals surface area (Å²) >= 11 is 0. The summed E-state index contributed by atoms with van der Waals surface area (Å²) in [5.41, 5.74) is 0. The summed E-state index contributed by atoms with van der Waals surface area (Å²) in [6.07, 6.45) is 6.42. The van der Waals surface area contributed by atoms with Crippen molar-refractivity contribution in [1.82, 2.24) is 10.6 Å². The van der Waals surface area contributed by atoms with Gasteiger partial charge in [-0.05, 0) is 25.7 Å². The third kappa shape index (κ3) is 4.68. The first-order chi connectivity index (χ1) is 10.4. The zero-order chi connectivity index (χ0) is 16.7. The molecule has 1 saturated heterocycles. The van der Waals surface area contributed by atoms with Gasteiger partial charge in [-0.3, -0.25) is 14.9 Å². The highest BCUT2D eigenvalue weighted by Crippen LogP contribution is 2.27. The number of rotatable bonds is 8. The lowest BCUT2D eigenvalue weighted by atomic mass is 9.89. The highest BCUT2D eigenvalue weighted by atomic mass is 16.5. The maximum atomic E-state index is 11.6. The summed E-state index contributed by atoms with van der Waals surface area (Å²) in [5, 5.41) is 15.3. The Hall–Kier alpha value is -1.66. The molecule has 1 rings (SSSR count). The van der Waals surface area contributed by atoms with Crippen LogP contribution in [0.15, 0.2) is 24.8 Å². The van der Waals surface area contributed by atoms with Crippen LogP contribution in [-0.4, -0.2) is 48.3 Å². The monoisotopic (exact) mass is 310 g/mol. The maximum absolute atomic E-state index is 11.6. The molecule has 0 spiro atoms. The average molecular weight is 310 g/mol. The number of hydrogen-bond donors (Lipinski definition) is 3. The number of hydrogen-bond acceptors (Lipinski definition) is 4. The molecule has 0 bridgehead atoms. The van der Waals surface area contributed by atoms with E-state index in [0.717, 1.165) is 0 Å². The van der Waals surface area contributed by atoms with E-state index in [0.29, 0.717) is 12.8 Å². The Bertz CT molecular complexity index is 436. The van der Waals surface area contributed by atoms with Gasteiger partial charge in [0.25, 0.3) is 0 Å². The second-order valence-corrected chi connectivity index (χ2v) is 5.53. The molecular formula is C16H26N2O4. The molecule has 6 nitrogen and oxygen atoms in total. The van der Waals surface area contributed by atoms with Crippen LogP contribution in [-0.2, 0) is 14.3 Å². The number of nitrogens with one attached hydrogen (secondary N) is 2. The molecular weight excluding hydrogens is 284 g/mol. The van der Waals surface area contributed by atoms with E-state index in [1.54, 1.807) is 13.2 Å². The Morgan fingerprint density at radius 1 is 1.55 bits per heavy atom. The van der Waals surface area contributed by atoms with Crippen molar-refractivity contribution in [2.45, 2.75) is 50.9 Å². The van der Waals surface area contributed by atoms with Crippen LogP contribution in [0.4, 0.5) is 0 Å². The molecule has 0 saturated carbocycles. The van der Waals surface area contributed by atoms with Gasteiger partial charge in [-0.2, -0.15) is 0 Å². The van der Waals surface area contributed by atoms with E-state index in [1.165, 1.54) is 6.92 Å². The number of allylic oxidation sites excluding steroid dienone is 1. The van der Waals surface area contributed by atoms with Gasteiger partial charge in [0.05, 0.1) is 12.1 Å². The molecule has 1 aliphatic heterocycles. The van der Waals surface area contributed by atoms with E-state index < -0.39 is 12.0 Å². The summed E-state index contributed by atoms with van der Waals surface area (Å²) < 4.78 is 5.49. The minimum atomic E-state index is -0.878. The van der Waals surface area contributed by atoms with Crippen LogP contribution in [0, 0.1) is 5.92 Å². The van der Waals surface area contributed by atoms with Gasteiger partial charge < -0.3 is 15.2 Å². The van der Waals surface area contributed by atoms with Gasteiger partial charge in [-0.15, -0.1) is 6.58 Å². The Balaban J connectivity index is 3.05. The lowest BCUT2D eigenvalue weighted by Crippen LogP contribution is -2.57. The molecule has 0 unspecified atom stereocenters. The predicted molar refractivity (Wildman–Crippen MR) is 84.5 cm³/mol.